The molecule has 1 aliphatic heterocycles. The summed E-state index contributed by atoms with van der Waals surface area (Å²) in [6, 6.07) is 9.95. The number of halogens is 1. The van der Waals surface area contributed by atoms with Crippen molar-refractivity contribution in [2.24, 2.45) is 0 Å². The quantitative estimate of drug-likeness (QED) is 0.844. The van der Waals surface area contributed by atoms with Gasteiger partial charge in [0.15, 0.2) is 0 Å². The lowest BCUT2D eigenvalue weighted by Crippen LogP contribution is -2.20. The van der Waals surface area contributed by atoms with E-state index in [4.69, 9.17) is 16.3 Å². The van der Waals surface area contributed by atoms with E-state index < -0.39 is 0 Å². The summed E-state index contributed by atoms with van der Waals surface area (Å²) in [5.74, 6) is 1.66. The molecule has 92 valence electrons. The molecule has 0 unspecified atom stereocenters. The molecule has 18 heavy (non-hydrogen) atoms. The van der Waals surface area contributed by atoms with Crippen LogP contribution in [-0.4, -0.2) is 16.6 Å². The van der Waals surface area contributed by atoms with Crippen molar-refractivity contribution in [3.05, 3.63) is 47.4 Å². The van der Waals surface area contributed by atoms with E-state index in [0.717, 1.165) is 23.6 Å². The molecule has 0 spiro atoms. The molecule has 0 saturated carbocycles. The summed E-state index contributed by atoms with van der Waals surface area (Å²) in [4.78, 5) is 8.03. The molecule has 2 heterocycles. The predicted molar refractivity (Wildman–Crippen MR) is 70.0 cm³/mol. The Labute approximate surface area is 110 Å². The van der Waals surface area contributed by atoms with Gasteiger partial charge in [-0.15, -0.1) is 0 Å². The average molecular weight is 262 g/mol. The summed E-state index contributed by atoms with van der Waals surface area (Å²) in [5.41, 5.74) is 1.15. The van der Waals surface area contributed by atoms with Crippen molar-refractivity contribution in [3.63, 3.8) is 0 Å². The zero-order valence-corrected chi connectivity index (χ0v) is 10.4. The van der Waals surface area contributed by atoms with Crippen LogP contribution < -0.4 is 10.1 Å². The van der Waals surface area contributed by atoms with Crippen molar-refractivity contribution in [2.45, 2.75) is 12.5 Å². The van der Waals surface area contributed by atoms with Crippen LogP contribution in [0.4, 0.5) is 5.82 Å². The molecule has 1 aromatic heterocycles. The molecule has 0 saturated heterocycles. The minimum absolute atomic E-state index is 0.195. The van der Waals surface area contributed by atoms with E-state index in [0.29, 0.717) is 11.8 Å². The first kappa shape index (κ1) is 11.3. The smallest absolute Gasteiger partial charge is 0.134 e. The van der Waals surface area contributed by atoms with Crippen LogP contribution in [0.2, 0.25) is 5.15 Å². The third kappa shape index (κ3) is 2.24. The van der Waals surface area contributed by atoms with Crippen molar-refractivity contribution in [3.8, 4) is 5.75 Å². The summed E-state index contributed by atoms with van der Waals surface area (Å²) in [6.45, 7) is 0.702. The molecular formula is C13H12ClN3O. The summed E-state index contributed by atoms with van der Waals surface area (Å²) < 4.78 is 5.62. The highest BCUT2D eigenvalue weighted by Gasteiger charge is 2.21. The fourth-order valence-electron chi connectivity index (χ4n) is 2.08. The highest BCUT2D eigenvalue weighted by Crippen LogP contribution is 2.33. The minimum atomic E-state index is 0.195. The van der Waals surface area contributed by atoms with E-state index in [-0.39, 0.29) is 6.04 Å². The van der Waals surface area contributed by atoms with Gasteiger partial charge in [-0.3, -0.25) is 0 Å². The second-order valence-electron chi connectivity index (χ2n) is 4.10. The lowest BCUT2D eigenvalue weighted by molar-refractivity contribution is 0.274. The first-order chi connectivity index (χ1) is 8.83. The van der Waals surface area contributed by atoms with Crippen molar-refractivity contribution in [1.82, 2.24) is 9.97 Å². The normalized spacial score (nSPS) is 17.7. The van der Waals surface area contributed by atoms with Gasteiger partial charge in [-0.25, -0.2) is 9.97 Å². The second kappa shape index (κ2) is 4.82. The van der Waals surface area contributed by atoms with E-state index in [2.05, 4.69) is 21.4 Å². The summed E-state index contributed by atoms with van der Waals surface area (Å²) in [5, 5.41) is 3.80. The molecule has 0 radical (unpaired) electrons. The maximum Gasteiger partial charge on any atom is 0.134 e. The van der Waals surface area contributed by atoms with Crippen molar-refractivity contribution in [2.75, 3.05) is 11.9 Å². The maximum atomic E-state index is 5.85. The van der Waals surface area contributed by atoms with Gasteiger partial charge in [0, 0.05) is 18.1 Å². The maximum absolute atomic E-state index is 5.85. The van der Waals surface area contributed by atoms with Crippen molar-refractivity contribution < 1.29 is 4.74 Å². The predicted octanol–water partition coefficient (Wildman–Crippen LogP) is 3.07. The Hall–Kier alpha value is -1.81. The Bertz CT molecular complexity index is 561. The number of hydrogen-bond acceptors (Lipinski definition) is 4. The number of nitrogens with one attached hydrogen (secondary N) is 1. The van der Waals surface area contributed by atoms with E-state index >= 15 is 0 Å². The Balaban J connectivity index is 1.86. The Morgan fingerprint density at radius 3 is 3.06 bits per heavy atom. The molecule has 1 N–H and O–H groups in total. The van der Waals surface area contributed by atoms with E-state index in [9.17, 15) is 0 Å². The molecule has 0 amide bonds. The van der Waals surface area contributed by atoms with E-state index in [1.54, 1.807) is 6.07 Å². The number of fused-ring (bicyclic) bond motifs is 1. The number of benzene rings is 1. The van der Waals surface area contributed by atoms with Crippen LogP contribution in [0.1, 0.15) is 18.0 Å². The number of nitrogens with zero attached hydrogens (tertiary/aromatic N) is 2. The number of aromatic nitrogens is 2. The molecule has 1 aliphatic rings. The minimum Gasteiger partial charge on any atom is -0.493 e. The van der Waals surface area contributed by atoms with Gasteiger partial charge in [0.2, 0.25) is 0 Å². The van der Waals surface area contributed by atoms with Gasteiger partial charge >= 0.3 is 0 Å². The van der Waals surface area contributed by atoms with Crippen LogP contribution in [0.3, 0.4) is 0 Å². The van der Waals surface area contributed by atoms with Crippen LogP contribution in [-0.2, 0) is 0 Å². The molecule has 3 rings (SSSR count). The first-order valence-corrected chi connectivity index (χ1v) is 6.16. The average Bonchev–Trinajstić information content (AvgIpc) is 2.39. The lowest BCUT2D eigenvalue weighted by Gasteiger charge is -2.26. The Kier molecular flexibility index (Phi) is 3.02. The fourth-order valence-corrected chi connectivity index (χ4v) is 2.23. The summed E-state index contributed by atoms with van der Waals surface area (Å²) >= 11 is 5.85. The fraction of sp³-hybridized carbons (Fsp3) is 0.231. The van der Waals surface area contributed by atoms with Crippen molar-refractivity contribution >= 4 is 17.4 Å². The number of anilines is 1. The topological polar surface area (TPSA) is 47.0 Å². The van der Waals surface area contributed by atoms with Gasteiger partial charge in [0.25, 0.3) is 0 Å². The van der Waals surface area contributed by atoms with E-state index in [1.807, 2.05) is 18.2 Å². The van der Waals surface area contributed by atoms with Crippen LogP contribution in [0.5, 0.6) is 5.75 Å². The standard InChI is InChI=1S/C13H12ClN3O/c14-12-7-13(16-8-15-12)17-10-5-6-18-11-4-2-1-3-9(10)11/h1-4,7-8,10H,5-6H2,(H,15,16,17)/t10-/m0/s1. The molecule has 1 aromatic carbocycles. The first-order valence-electron chi connectivity index (χ1n) is 5.79. The van der Waals surface area contributed by atoms with Gasteiger partial charge in [0.05, 0.1) is 12.6 Å². The third-order valence-corrected chi connectivity index (χ3v) is 3.12. The van der Waals surface area contributed by atoms with Crippen LogP contribution in [0.15, 0.2) is 36.7 Å². The number of hydrogen-bond donors (Lipinski definition) is 1. The number of para-hydroxylation sites is 1. The highest BCUT2D eigenvalue weighted by atomic mass is 35.5. The molecular weight excluding hydrogens is 250 g/mol. The summed E-state index contributed by atoms with van der Waals surface area (Å²) in [7, 11) is 0. The third-order valence-electron chi connectivity index (χ3n) is 2.91. The molecule has 0 fully saturated rings. The Morgan fingerprint density at radius 2 is 2.17 bits per heavy atom. The molecule has 0 aliphatic carbocycles. The van der Waals surface area contributed by atoms with Crippen LogP contribution in [0, 0.1) is 0 Å². The monoisotopic (exact) mass is 261 g/mol. The van der Waals surface area contributed by atoms with Crippen LogP contribution in [0.25, 0.3) is 0 Å². The zero-order valence-electron chi connectivity index (χ0n) is 9.64. The van der Waals surface area contributed by atoms with Crippen LogP contribution >= 0.6 is 11.6 Å². The van der Waals surface area contributed by atoms with Gasteiger partial charge in [-0.1, -0.05) is 29.8 Å². The SMILES string of the molecule is Clc1cc(N[C@H]2CCOc3ccccc32)ncn1. The van der Waals surface area contributed by atoms with Gasteiger partial charge in [-0.05, 0) is 6.07 Å². The number of rotatable bonds is 2. The largest absolute Gasteiger partial charge is 0.493 e. The molecule has 5 heteroatoms. The Morgan fingerprint density at radius 1 is 1.28 bits per heavy atom. The van der Waals surface area contributed by atoms with Gasteiger partial charge in [0.1, 0.15) is 23.0 Å². The highest BCUT2D eigenvalue weighted by molar-refractivity contribution is 6.29. The molecule has 0 bridgehead atoms. The van der Waals surface area contributed by atoms with E-state index in [1.165, 1.54) is 6.33 Å². The lowest BCUT2D eigenvalue weighted by atomic mass is 10.0. The molecule has 4 nitrogen and oxygen atoms in total. The van der Waals surface area contributed by atoms with Gasteiger partial charge in [-0.2, -0.15) is 0 Å². The number of ether oxygens (including phenoxy) is 1. The summed E-state index contributed by atoms with van der Waals surface area (Å²) in [6.07, 6.45) is 2.36. The van der Waals surface area contributed by atoms with Crippen molar-refractivity contribution in [1.29, 1.82) is 0 Å². The van der Waals surface area contributed by atoms with Gasteiger partial charge < -0.3 is 10.1 Å². The zero-order chi connectivity index (χ0) is 12.4. The molecule has 2 aromatic rings. The second-order valence-corrected chi connectivity index (χ2v) is 4.49. The molecule has 1 atom stereocenters.